The summed E-state index contributed by atoms with van der Waals surface area (Å²) >= 11 is 0. The van der Waals surface area contributed by atoms with Crippen molar-refractivity contribution in [2.75, 3.05) is 38.0 Å². The first-order valence-corrected chi connectivity index (χ1v) is 13.7. The van der Waals surface area contributed by atoms with E-state index in [-0.39, 0.29) is 18.4 Å². The van der Waals surface area contributed by atoms with Crippen molar-refractivity contribution >= 4 is 39.8 Å². The molecule has 2 saturated heterocycles. The van der Waals surface area contributed by atoms with Crippen molar-refractivity contribution in [1.29, 1.82) is 0 Å². The topological polar surface area (TPSA) is 90.3 Å². The highest BCUT2D eigenvalue weighted by atomic mass is 19.3. The zero-order valence-corrected chi connectivity index (χ0v) is 22.7. The molecule has 1 N–H and O–H groups in total. The number of likely N-dealkylation sites (tertiary alicyclic amines) is 2. The summed E-state index contributed by atoms with van der Waals surface area (Å²) in [6.45, 7) is 2.26. The fraction of sp³-hybridized carbons (Fsp3) is 0.323. The molecule has 8 nitrogen and oxygen atoms in total. The molecule has 2 fully saturated rings. The summed E-state index contributed by atoms with van der Waals surface area (Å²) in [6, 6.07) is 17.6. The molecule has 1 spiro atoms. The zero-order valence-electron chi connectivity index (χ0n) is 22.7. The van der Waals surface area contributed by atoms with Gasteiger partial charge in [-0.2, -0.15) is 0 Å². The number of halogens is 2. The first-order chi connectivity index (χ1) is 19.7. The maximum Gasteiger partial charge on any atom is 0.282 e. The van der Waals surface area contributed by atoms with Crippen LogP contribution in [0.3, 0.4) is 0 Å². The standard InChI is InChI=1S/C31H30F2N6O2/c1-21-6-8-22(9-7-21)29-26(10-11-27(40)35-24-16-23-4-2-3-5-25(23)34-17-24)36-31(37-29)12-14-38(15-13-31)18-28(41)39-19-30(32,33)20-39/h2-11,16-17H,12-15,18-20H2,1H3,(H,35,40)/b11-10+. The number of hydrogen-bond acceptors (Lipinski definition) is 6. The highest BCUT2D eigenvalue weighted by Gasteiger charge is 2.47. The summed E-state index contributed by atoms with van der Waals surface area (Å²) in [7, 11) is 0. The number of allylic oxidation sites excluding steroid dienone is 1. The van der Waals surface area contributed by atoms with Gasteiger partial charge in [-0.25, -0.2) is 8.78 Å². The fourth-order valence-electron chi connectivity index (χ4n) is 5.36. The van der Waals surface area contributed by atoms with Crippen LogP contribution < -0.4 is 5.32 Å². The van der Waals surface area contributed by atoms with E-state index < -0.39 is 24.7 Å². The number of rotatable bonds is 6. The van der Waals surface area contributed by atoms with Crippen LogP contribution in [0.5, 0.6) is 0 Å². The number of fused-ring (bicyclic) bond motifs is 1. The Labute approximate surface area is 236 Å². The molecule has 1 aromatic heterocycles. The Morgan fingerprint density at radius 1 is 1.02 bits per heavy atom. The smallest absolute Gasteiger partial charge is 0.282 e. The van der Waals surface area contributed by atoms with Gasteiger partial charge < -0.3 is 10.2 Å². The molecular formula is C31H30F2N6O2. The van der Waals surface area contributed by atoms with Gasteiger partial charge in [-0.1, -0.05) is 48.0 Å². The molecule has 10 heteroatoms. The van der Waals surface area contributed by atoms with E-state index in [2.05, 4.69) is 10.3 Å². The van der Waals surface area contributed by atoms with Gasteiger partial charge in [0, 0.05) is 43.0 Å². The first kappa shape index (κ1) is 26.9. The number of nitrogens with zero attached hydrogens (tertiary/aromatic N) is 5. The predicted octanol–water partition coefficient (Wildman–Crippen LogP) is 4.25. The monoisotopic (exact) mass is 556 g/mol. The molecule has 3 aromatic rings. The lowest BCUT2D eigenvalue weighted by Crippen LogP contribution is -2.60. The number of benzene rings is 2. The van der Waals surface area contributed by atoms with E-state index in [4.69, 9.17) is 9.98 Å². The van der Waals surface area contributed by atoms with E-state index in [1.165, 1.54) is 11.0 Å². The second-order valence-corrected chi connectivity index (χ2v) is 10.9. The lowest BCUT2D eigenvalue weighted by atomic mass is 9.98. The van der Waals surface area contributed by atoms with Gasteiger partial charge in [0.25, 0.3) is 5.92 Å². The zero-order chi connectivity index (χ0) is 28.6. The van der Waals surface area contributed by atoms with E-state index in [1.807, 2.05) is 66.4 Å². The maximum atomic E-state index is 13.2. The SMILES string of the molecule is Cc1ccc(C2=NC3(CCN(CC(=O)N4CC(F)(F)C4)CC3)N=C2/C=C/C(=O)Nc2cnc3ccccc3c2)cc1. The van der Waals surface area contributed by atoms with Crippen LogP contribution >= 0.6 is 0 Å². The molecule has 0 unspecified atom stereocenters. The normalized spacial score (nSPS) is 19.7. The van der Waals surface area contributed by atoms with Crippen molar-refractivity contribution < 1.29 is 18.4 Å². The minimum atomic E-state index is -2.77. The van der Waals surface area contributed by atoms with Crippen LogP contribution in [0.2, 0.25) is 0 Å². The second kappa shape index (κ2) is 10.6. The average Bonchev–Trinajstić information content (AvgIpc) is 3.30. The number of anilines is 1. The van der Waals surface area contributed by atoms with Crippen molar-refractivity contribution in [3.05, 3.63) is 84.1 Å². The van der Waals surface area contributed by atoms with Crippen molar-refractivity contribution in [3.8, 4) is 0 Å². The predicted molar refractivity (Wildman–Crippen MR) is 155 cm³/mol. The number of aromatic nitrogens is 1. The van der Waals surface area contributed by atoms with Crippen LogP contribution in [0.25, 0.3) is 10.9 Å². The number of para-hydroxylation sites is 1. The molecule has 6 rings (SSSR count). The minimum Gasteiger partial charge on any atom is -0.329 e. The summed E-state index contributed by atoms with van der Waals surface area (Å²) in [6.07, 6.45) is 5.93. The molecular weight excluding hydrogens is 526 g/mol. The molecule has 2 aromatic carbocycles. The van der Waals surface area contributed by atoms with Gasteiger partial charge in [-0.15, -0.1) is 0 Å². The van der Waals surface area contributed by atoms with Crippen LogP contribution in [0, 0.1) is 6.92 Å². The summed E-state index contributed by atoms with van der Waals surface area (Å²) < 4.78 is 26.3. The lowest BCUT2D eigenvalue weighted by molar-refractivity contribution is -0.166. The summed E-state index contributed by atoms with van der Waals surface area (Å²) in [4.78, 5) is 42.8. The Balaban J connectivity index is 1.16. The van der Waals surface area contributed by atoms with Crippen molar-refractivity contribution in [1.82, 2.24) is 14.8 Å². The Hall–Kier alpha value is -4.31. The Morgan fingerprint density at radius 2 is 1.76 bits per heavy atom. The molecule has 210 valence electrons. The summed E-state index contributed by atoms with van der Waals surface area (Å²) in [5.41, 5.74) is 4.12. The van der Waals surface area contributed by atoms with Crippen LogP contribution in [-0.4, -0.2) is 82.3 Å². The van der Waals surface area contributed by atoms with Crippen LogP contribution in [0.15, 0.2) is 82.9 Å². The van der Waals surface area contributed by atoms with E-state index >= 15 is 0 Å². The van der Waals surface area contributed by atoms with Gasteiger partial charge in [0.05, 0.1) is 48.5 Å². The molecule has 0 saturated carbocycles. The van der Waals surface area contributed by atoms with E-state index in [1.54, 1.807) is 12.3 Å². The van der Waals surface area contributed by atoms with Crippen LogP contribution in [-0.2, 0) is 9.59 Å². The Morgan fingerprint density at radius 3 is 2.49 bits per heavy atom. The molecule has 3 aliphatic rings. The quantitative estimate of drug-likeness (QED) is 0.460. The largest absolute Gasteiger partial charge is 0.329 e. The third kappa shape index (κ3) is 5.92. The van der Waals surface area contributed by atoms with Gasteiger partial charge >= 0.3 is 0 Å². The van der Waals surface area contributed by atoms with Gasteiger partial charge in [0.1, 0.15) is 0 Å². The van der Waals surface area contributed by atoms with Gasteiger partial charge in [0.2, 0.25) is 11.8 Å². The molecule has 0 atom stereocenters. The van der Waals surface area contributed by atoms with Crippen LogP contribution in [0.4, 0.5) is 14.5 Å². The molecule has 0 bridgehead atoms. The average molecular weight is 557 g/mol. The Kier molecular flexibility index (Phi) is 6.94. The van der Waals surface area contributed by atoms with Gasteiger partial charge in [0.15, 0.2) is 5.66 Å². The van der Waals surface area contributed by atoms with Gasteiger partial charge in [-0.05, 0) is 25.1 Å². The van der Waals surface area contributed by atoms with E-state index in [0.717, 1.165) is 22.0 Å². The van der Waals surface area contributed by atoms with Crippen molar-refractivity contribution in [3.63, 3.8) is 0 Å². The number of pyridine rings is 1. The Bertz CT molecular complexity index is 1580. The van der Waals surface area contributed by atoms with E-state index in [9.17, 15) is 18.4 Å². The number of aliphatic imine (C=N–C) groups is 2. The number of nitrogens with one attached hydrogen (secondary N) is 1. The van der Waals surface area contributed by atoms with Crippen molar-refractivity contribution in [2.24, 2.45) is 9.98 Å². The molecule has 3 aliphatic heterocycles. The number of alkyl halides is 2. The fourth-order valence-corrected chi connectivity index (χ4v) is 5.36. The number of piperidine rings is 1. The molecule has 41 heavy (non-hydrogen) atoms. The minimum absolute atomic E-state index is 0.112. The highest BCUT2D eigenvalue weighted by Crippen LogP contribution is 2.34. The summed E-state index contributed by atoms with van der Waals surface area (Å²) in [5, 5.41) is 3.80. The van der Waals surface area contributed by atoms with Gasteiger partial charge in [-0.3, -0.25) is 29.5 Å². The highest BCUT2D eigenvalue weighted by molar-refractivity contribution is 6.53. The molecule has 2 amide bonds. The van der Waals surface area contributed by atoms with Crippen LogP contribution in [0.1, 0.15) is 24.0 Å². The number of carbonyl (C=O) groups excluding carboxylic acids is 2. The first-order valence-electron chi connectivity index (χ1n) is 13.7. The summed E-state index contributed by atoms with van der Waals surface area (Å²) in [5.74, 6) is -3.35. The number of aryl methyl sites for hydroxylation is 1. The molecule has 0 aliphatic carbocycles. The third-order valence-electron chi connectivity index (χ3n) is 7.68. The molecule has 4 heterocycles. The second-order valence-electron chi connectivity index (χ2n) is 10.9. The third-order valence-corrected chi connectivity index (χ3v) is 7.68. The number of amides is 2. The maximum absolute atomic E-state index is 13.2. The number of carbonyl (C=O) groups is 2. The lowest BCUT2D eigenvalue weighted by Gasteiger charge is -2.41. The molecule has 0 radical (unpaired) electrons. The van der Waals surface area contributed by atoms with E-state index in [0.29, 0.717) is 43.0 Å². The van der Waals surface area contributed by atoms with Crippen molar-refractivity contribution in [2.45, 2.75) is 31.4 Å². The number of hydrogen-bond donors (Lipinski definition) is 1.